The van der Waals surface area contributed by atoms with Crippen LogP contribution in [0, 0.1) is 0 Å². The van der Waals surface area contributed by atoms with Crippen molar-refractivity contribution in [3.05, 3.63) is 459 Å². The Balaban J connectivity index is 0.497. The molecule has 19 aromatic carbocycles. The zero-order chi connectivity index (χ0) is 94.2. The summed E-state index contributed by atoms with van der Waals surface area (Å²) in [6.07, 6.45) is 0. The maximum atomic E-state index is 5.43. The van der Waals surface area contributed by atoms with Gasteiger partial charge in [0.05, 0.1) is 33.1 Å². The van der Waals surface area contributed by atoms with E-state index in [9.17, 15) is 0 Å². The quantitative estimate of drug-likeness (QED) is 0.0984. The van der Waals surface area contributed by atoms with Gasteiger partial charge in [-0.25, -0.2) is 34.9 Å². The average Bonchev–Trinajstić information content (AvgIpc) is 1.55. The van der Waals surface area contributed by atoms with E-state index >= 15 is 0 Å². The lowest BCUT2D eigenvalue weighted by atomic mass is 9.77. The number of benzene rings is 19. The molecule has 0 N–H and O–H groups in total. The first-order valence-electron chi connectivity index (χ1n) is 48.3. The largest absolute Gasteiger partial charge is 0.309 e. The standard InChI is InChI=1S/C129H84N12S/c1-128(2)104-52-21-17-46-95(104)98-66-69-108-112(116(98)128)101-47-18-22-53-105(101)139(108)92-61-56-82(57-62-92)121-133-123(88-42-25-38-83(72-88)77-30-9-5-10-31-77)136-124(134-121)89-43-27-40-85(74-89)86-60-65-96-100-68-71-110-114(118(100)142-111(96)76-86)103-49-20-23-54-106(103)140(110)93-63-58-81(59-64-93)120-130-119(79-34-13-7-14-35-79)131-125(132-120)91-45-28-41-87(75-91)94-50-29-51-97-99-67-70-109-113(117(99)129(3,4)115(94)97)102-48-19-24-55-107(102)141(109)127-137-122(80-36-15-8-16-37-80)135-126(138-127)90-44-26-39-84(73-90)78-32-11-6-12-33-78/h5-76H,1-4H3. The SMILES string of the molecule is CC1(C)c2ccccc2-c2ccc3c(c21)c1ccccc1n3-c1ccc(-c2nc(-c3cccc(-c4ccccc4)c3)nc(-c3cccc(-c4ccc5c(c4)sc4c5ccc5c4c4ccccc4n5-c4ccc(-c5nc(-c6ccccc6)nc(-c6cccc(-c7cccc8c7C(C)(C)c7c-8ccc8c7c7ccccc7n8-c7nc(-c8ccccc8)nc(-c8cccc(-c9ccccc9)c8)n7)c6)n5)cc4)c3)n2)cc1. The van der Waals surface area contributed by atoms with Gasteiger partial charge >= 0.3 is 0 Å². The fraction of sp³-hybridized carbons (Fsp3) is 0.0465. The molecule has 142 heavy (non-hydrogen) atoms. The summed E-state index contributed by atoms with van der Waals surface area (Å²) in [4.78, 5) is 48.2. The summed E-state index contributed by atoms with van der Waals surface area (Å²) in [5, 5.41) is 9.67. The van der Waals surface area contributed by atoms with Crippen LogP contribution >= 0.6 is 11.3 Å². The average molecular weight is 1830 g/mol. The molecule has 0 saturated heterocycles. The Kier molecular flexibility index (Phi) is 18.6. The molecule has 13 heteroatoms. The third kappa shape index (κ3) is 13.1. The van der Waals surface area contributed by atoms with Crippen molar-refractivity contribution in [1.82, 2.24) is 58.6 Å². The molecule has 0 amide bonds. The summed E-state index contributed by atoms with van der Waals surface area (Å²) in [6, 6.07) is 156. The molecule has 7 aromatic heterocycles. The lowest BCUT2D eigenvalue weighted by Gasteiger charge is -2.25. The second kappa shape index (κ2) is 32.2. The van der Waals surface area contributed by atoms with Crippen LogP contribution in [-0.4, -0.2) is 58.6 Å². The minimum absolute atomic E-state index is 0.179. The Morgan fingerprint density at radius 2 is 0.507 bits per heavy atom. The van der Waals surface area contributed by atoms with E-state index in [2.05, 4.69) is 436 Å². The Labute approximate surface area is 822 Å². The van der Waals surface area contributed by atoms with Crippen LogP contribution < -0.4 is 0 Å². The summed E-state index contributed by atoms with van der Waals surface area (Å²) >= 11 is 1.85. The molecule has 7 heterocycles. The van der Waals surface area contributed by atoms with Crippen LogP contribution in [0.25, 0.3) is 261 Å². The predicted molar refractivity (Wildman–Crippen MR) is 583 cm³/mol. The Morgan fingerprint density at radius 1 is 0.190 bits per heavy atom. The highest BCUT2D eigenvalue weighted by atomic mass is 32.1. The first-order chi connectivity index (χ1) is 69.9. The van der Waals surface area contributed by atoms with Crippen molar-refractivity contribution in [3.8, 4) is 175 Å². The molecule has 0 aliphatic heterocycles. The van der Waals surface area contributed by atoms with E-state index < -0.39 is 5.41 Å². The fourth-order valence-electron chi connectivity index (χ4n) is 22.9. The van der Waals surface area contributed by atoms with E-state index in [1.807, 2.05) is 53.8 Å². The normalized spacial score (nSPS) is 12.9. The van der Waals surface area contributed by atoms with Gasteiger partial charge in [-0.05, 0) is 204 Å². The molecule has 0 atom stereocenters. The third-order valence-corrected chi connectivity index (χ3v) is 30.5. The van der Waals surface area contributed by atoms with Gasteiger partial charge in [0.25, 0.3) is 0 Å². The number of fused-ring (bicyclic) bond motifs is 21. The molecule has 12 nitrogen and oxygen atoms in total. The molecular weight excluding hydrogens is 1750 g/mol. The number of nitrogens with zero attached hydrogens (tertiary/aromatic N) is 12. The van der Waals surface area contributed by atoms with Crippen LogP contribution in [0.5, 0.6) is 0 Å². The van der Waals surface area contributed by atoms with E-state index in [0.29, 0.717) is 52.5 Å². The molecule has 26 aromatic rings. The van der Waals surface area contributed by atoms with Gasteiger partial charge in [0, 0.05) is 119 Å². The van der Waals surface area contributed by atoms with Gasteiger partial charge in [0.2, 0.25) is 5.95 Å². The Morgan fingerprint density at radius 3 is 1.02 bits per heavy atom. The van der Waals surface area contributed by atoms with Gasteiger partial charge in [-0.15, -0.1) is 11.3 Å². The van der Waals surface area contributed by atoms with Crippen LogP contribution in [0.2, 0.25) is 0 Å². The van der Waals surface area contributed by atoms with Gasteiger partial charge in [-0.3, -0.25) is 4.57 Å². The maximum absolute atomic E-state index is 5.43. The number of thiophene rings is 1. The van der Waals surface area contributed by atoms with Crippen molar-refractivity contribution >= 4 is 96.9 Å². The number of para-hydroxylation sites is 3. The second-order valence-corrected chi connectivity index (χ2v) is 39.3. The van der Waals surface area contributed by atoms with Crippen molar-refractivity contribution in [2.24, 2.45) is 0 Å². The summed E-state index contributed by atoms with van der Waals surface area (Å²) in [5.74, 6) is 5.25. The Hall–Kier alpha value is -18.2. The lowest BCUT2D eigenvalue weighted by molar-refractivity contribution is 0.666. The molecule has 0 bridgehead atoms. The van der Waals surface area contributed by atoms with E-state index in [4.69, 9.17) is 44.9 Å². The van der Waals surface area contributed by atoms with Crippen LogP contribution in [0.3, 0.4) is 0 Å². The van der Waals surface area contributed by atoms with Gasteiger partial charge < -0.3 is 9.13 Å². The van der Waals surface area contributed by atoms with E-state index in [1.54, 1.807) is 0 Å². The van der Waals surface area contributed by atoms with Crippen molar-refractivity contribution in [3.63, 3.8) is 0 Å². The van der Waals surface area contributed by atoms with Crippen LogP contribution in [0.15, 0.2) is 437 Å². The third-order valence-electron chi connectivity index (χ3n) is 29.3. The summed E-state index contributed by atoms with van der Waals surface area (Å²) in [7, 11) is 0. The van der Waals surface area contributed by atoms with Crippen molar-refractivity contribution < 1.29 is 0 Å². The summed E-state index contributed by atoms with van der Waals surface area (Å²) in [5.41, 5.74) is 34.2. The number of rotatable bonds is 15. The molecule has 0 unspecified atom stereocenters. The minimum Gasteiger partial charge on any atom is -0.309 e. The zero-order valence-electron chi connectivity index (χ0n) is 77.8. The van der Waals surface area contributed by atoms with Crippen LogP contribution in [0.4, 0.5) is 0 Å². The highest BCUT2D eigenvalue weighted by Gasteiger charge is 2.42. The first kappa shape index (κ1) is 82.1. The van der Waals surface area contributed by atoms with Crippen molar-refractivity contribution in [1.29, 1.82) is 0 Å². The van der Waals surface area contributed by atoms with Gasteiger partial charge in [0.15, 0.2) is 46.6 Å². The topological polar surface area (TPSA) is 131 Å². The summed E-state index contributed by atoms with van der Waals surface area (Å²) < 4.78 is 9.50. The molecule has 28 rings (SSSR count). The van der Waals surface area contributed by atoms with Gasteiger partial charge in [-0.2, -0.15) is 9.97 Å². The highest BCUT2D eigenvalue weighted by molar-refractivity contribution is 7.26. The molecule has 2 aliphatic carbocycles. The molecule has 666 valence electrons. The highest BCUT2D eigenvalue weighted by Crippen LogP contribution is 2.58. The monoisotopic (exact) mass is 1830 g/mol. The second-order valence-electron chi connectivity index (χ2n) is 38.3. The predicted octanol–water partition coefficient (Wildman–Crippen LogP) is 32.5. The Bertz CT molecular complexity index is 9720. The molecule has 0 radical (unpaired) electrons. The maximum Gasteiger partial charge on any atom is 0.238 e. The molecule has 0 fully saturated rings. The van der Waals surface area contributed by atoms with E-state index in [1.165, 1.54) is 97.1 Å². The molecule has 2 aliphatic rings. The smallest absolute Gasteiger partial charge is 0.238 e. The molecule has 0 saturated carbocycles. The number of hydrogen-bond donors (Lipinski definition) is 0. The summed E-state index contributed by atoms with van der Waals surface area (Å²) in [6.45, 7) is 9.52. The molecule has 0 spiro atoms. The number of aromatic nitrogens is 12. The lowest BCUT2D eigenvalue weighted by Crippen LogP contribution is -2.17. The van der Waals surface area contributed by atoms with Gasteiger partial charge in [0.1, 0.15) is 0 Å². The van der Waals surface area contributed by atoms with E-state index in [0.717, 1.165) is 133 Å². The minimum atomic E-state index is -0.483. The first-order valence-corrected chi connectivity index (χ1v) is 49.1. The van der Waals surface area contributed by atoms with Crippen LogP contribution in [0.1, 0.15) is 49.9 Å². The zero-order valence-corrected chi connectivity index (χ0v) is 78.7. The van der Waals surface area contributed by atoms with E-state index in [-0.39, 0.29) is 5.41 Å². The van der Waals surface area contributed by atoms with Crippen molar-refractivity contribution in [2.45, 2.75) is 38.5 Å². The van der Waals surface area contributed by atoms with Crippen molar-refractivity contribution in [2.75, 3.05) is 0 Å². The molecular formula is C129H84N12S. The van der Waals surface area contributed by atoms with Gasteiger partial charge in [-0.1, -0.05) is 349 Å². The van der Waals surface area contributed by atoms with Crippen LogP contribution in [-0.2, 0) is 10.8 Å². The number of hydrogen-bond acceptors (Lipinski definition) is 10. The fourth-order valence-corrected chi connectivity index (χ4v) is 24.2.